The average Bonchev–Trinajstić information content (AvgIpc) is 2.37. The molecule has 0 aliphatic rings. The molecule has 0 saturated carbocycles. The monoisotopic (exact) mass is 286 g/mol. The molecule has 19 heavy (non-hydrogen) atoms. The van der Waals surface area contributed by atoms with Crippen molar-refractivity contribution < 1.29 is 18.9 Å². The molecule has 0 heterocycles. The third-order valence-corrected chi connectivity index (χ3v) is 3.48. The minimum atomic E-state index is -4.27. The summed E-state index contributed by atoms with van der Waals surface area (Å²) in [5.74, 6) is 0. The minimum absolute atomic E-state index is 0.147. The molecule has 0 spiro atoms. The summed E-state index contributed by atoms with van der Waals surface area (Å²) < 4.78 is 14.8. The van der Waals surface area contributed by atoms with E-state index in [2.05, 4.69) is 28.8 Å². The maximum absolute atomic E-state index is 10.4. The molecule has 0 fully saturated rings. The van der Waals surface area contributed by atoms with Crippen LogP contribution in [-0.4, -0.2) is 16.4 Å². The SMILES string of the molecule is O=P(O)(O)OCCCCCCCCc1ccccc1. The Labute approximate surface area is 115 Å². The fourth-order valence-electron chi connectivity index (χ4n) is 1.97. The summed E-state index contributed by atoms with van der Waals surface area (Å²) >= 11 is 0. The quantitative estimate of drug-likeness (QED) is 0.508. The van der Waals surface area contributed by atoms with Crippen LogP contribution in [0.4, 0.5) is 0 Å². The predicted octanol–water partition coefficient (Wildman–Crippen LogP) is 3.68. The summed E-state index contributed by atoms with van der Waals surface area (Å²) in [6, 6.07) is 10.5. The first-order chi connectivity index (χ1) is 9.08. The van der Waals surface area contributed by atoms with E-state index in [9.17, 15) is 4.57 Å². The van der Waals surface area contributed by atoms with Crippen LogP contribution < -0.4 is 0 Å². The Bertz CT molecular complexity index is 374. The maximum Gasteiger partial charge on any atom is 0.469 e. The highest BCUT2D eigenvalue weighted by Crippen LogP contribution is 2.35. The normalized spacial score (nSPS) is 11.7. The van der Waals surface area contributed by atoms with Gasteiger partial charge in [-0.05, 0) is 24.8 Å². The zero-order valence-electron chi connectivity index (χ0n) is 11.2. The van der Waals surface area contributed by atoms with E-state index < -0.39 is 7.82 Å². The predicted molar refractivity (Wildman–Crippen MR) is 75.8 cm³/mol. The van der Waals surface area contributed by atoms with Crippen molar-refractivity contribution in [3.05, 3.63) is 35.9 Å². The molecule has 1 aromatic carbocycles. The Morgan fingerprint density at radius 3 is 2.11 bits per heavy atom. The Balaban J connectivity index is 1.88. The van der Waals surface area contributed by atoms with E-state index in [1.807, 2.05) is 6.07 Å². The molecule has 0 radical (unpaired) electrons. The van der Waals surface area contributed by atoms with Crippen molar-refractivity contribution in [2.24, 2.45) is 0 Å². The molecule has 4 nitrogen and oxygen atoms in total. The maximum atomic E-state index is 10.4. The molecule has 0 atom stereocenters. The van der Waals surface area contributed by atoms with E-state index in [1.165, 1.54) is 24.8 Å². The fourth-order valence-corrected chi connectivity index (χ4v) is 2.33. The molecule has 0 saturated heterocycles. The van der Waals surface area contributed by atoms with E-state index in [1.54, 1.807) is 0 Å². The van der Waals surface area contributed by atoms with E-state index in [0.29, 0.717) is 6.42 Å². The molecule has 1 aromatic rings. The lowest BCUT2D eigenvalue weighted by molar-refractivity contribution is 0.193. The summed E-state index contributed by atoms with van der Waals surface area (Å²) in [6.45, 7) is 0.147. The van der Waals surface area contributed by atoms with Crippen LogP contribution in [-0.2, 0) is 15.5 Å². The number of unbranched alkanes of at least 4 members (excludes halogenated alkanes) is 5. The van der Waals surface area contributed by atoms with Crippen molar-refractivity contribution in [2.45, 2.75) is 44.9 Å². The Kier molecular flexibility index (Phi) is 7.99. The molecule has 0 bridgehead atoms. The molecule has 0 amide bonds. The van der Waals surface area contributed by atoms with Crippen molar-refractivity contribution in [2.75, 3.05) is 6.61 Å². The lowest BCUT2D eigenvalue weighted by Gasteiger charge is -2.05. The second-order valence-electron chi connectivity index (χ2n) is 4.68. The van der Waals surface area contributed by atoms with Gasteiger partial charge in [-0.15, -0.1) is 0 Å². The number of hydrogen-bond donors (Lipinski definition) is 2. The lowest BCUT2D eigenvalue weighted by atomic mass is 10.1. The lowest BCUT2D eigenvalue weighted by Crippen LogP contribution is -1.92. The van der Waals surface area contributed by atoms with Gasteiger partial charge < -0.3 is 9.79 Å². The molecule has 5 heteroatoms. The topological polar surface area (TPSA) is 66.8 Å². The Hall–Kier alpha value is -0.670. The van der Waals surface area contributed by atoms with Crippen LogP contribution >= 0.6 is 7.82 Å². The zero-order valence-corrected chi connectivity index (χ0v) is 12.1. The second kappa shape index (κ2) is 9.27. The summed E-state index contributed by atoms with van der Waals surface area (Å²) in [7, 11) is -4.27. The number of phosphoric acid groups is 1. The third kappa shape index (κ3) is 9.85. The van der Waals surface area contributed by atoms with Gasteiger partial charge >= 0.3 is 7.82 Å². The molecular formula is C14H23O4P. The van der Waals surface area contributed by atoms with Gasteiger partial charge in [0.2, 0.25) is 0 Å². The zero-order chi connectivity index (χ0) is 14.0. The molecule has 1 rings (SSSR count). The third-order valence-electron chi connectivity index (χ3n) is 2.96. The fraction of sp³-hybridized carbons (Fsp3) is 0.571. The van der Waals surface area contributed by atoms with Crippen LogP contribution in [0.25, 0.3) is 0 Å². The van der Waals surface area contributed by atoms with E-state index >= 15 is 0 Å². The molecule has 0 aromatic heterocycles. The molecule has 0 unspecified atom stereocenters. The molecule has 0 aliphatic heterocycles. The first-order valence-corrected chi connectivity index (χ1v) is 8.35. The number of phosphoric ester groups is 1. The van der Waals surface area contributed by atoms with E-state index in [4.69, 9.17) is 9.79 Å². The highest BCUT2D eigenvalue weighted by atomic mass is 31.2. The summed E-state index contributed by atoms with van der Waals surface area (Å²) in [4.78, 5) is 17.0. The summed E-state index contributed by atoms with van der Waals surface area (Å²) in [5, 5.41) is 0. The highest BCUT2D eigenvalue weighted by Gasteiger charge is 2.12. The summed E-state index contributed by atoms with van der Waals surface area (Å²) in [5.41, 5.74) is 1.39. The first kappa shape index (κ1) is 16.4. The van der Waals surface area contributed by atoms with Gasteiger partial charge in [-0.3, -0.25) is 4.52 Å². The van der Waals surface area contributed by atoms with Crippen LogP contribution in [0.2, 0.25) is 0 Å². The van der Waals surface area contributed by atoms with Crippen LogP contribution in [0, 0.1) is 0 Å². The van der Waals surface area contributed by atoms with Crippen molar-refractivity contribution in [1.82, 2.24) is 0 Å². The van der Waals surface area contributed by atoms with Crippen molar-refractivity contribution in [1.29, 1.82) is 0 Å². The molecule has 0 aliphatic carbocycles. The summed E-state index contributed by atoms with van der Waals surface area (Å²) in [6.07, 6.45) is 7.47. The number of hydrogen-bond acceptors (Lipinski definition) is 2. The van der Waals surface area contributed by atoms with Gasteiger partial charge in [-0.25, -0.2) is 4.57 Å². The number of benzene rings is 1. The molecular weight excluding hydrogens is 263 g/mol. The van der Waals surface area contributed by atoms with E-state index in [0.717, 1.165) is 19.3 Å². The second-order valence-corrected chi connectivity index (χ2v) is 5.92. The number of rotatable bonds is 10. The van der Waals surface area contributed by atoms with Crippen LogP contribution in [0.5, 0.6) is 0 Å². The number of aryl methyl sites for hydroxylation is 1. The van der Waals surface area contributed by atoms with Gasteiger partial charge in [0.05, 0.1) is 6.61 Å². The standard InChI is InChI=1S/C14H23O4P/c15-19(16,17)18-13-9-4-2-1-3-6-10-14-11-7-5-8-12-14/h5,7-8,11-12H,1-4,6,9-10,13H2,(H2,15,16,17). The average molecular weight is 286 g/mol. The smallest absolute Gasteiger partial charge is 0.303 e. The molecule has 2 N–H and O–H groups in total. The van der Waals surface area contributed by atoms with Crippen LogP contribution in [0.3, 0.4) is 0 Å². The van der Waals surface area contributed by atoms with Gasteiger partial charge in [0.25, 0.3) is 0 Å². The Morgan fingerprint density at radius 1 is 0.895 bits per heavy atom. The Morgan fingerprint density at radius 2 is 1.47 bits per heavy atom. The van der Waals surface area contributed by atoms with Crippen LogP contribution in [0.15, 0.2) is 30.3 Å². The van der Waals surface area contributed by atoms with Crippen molar-refractivity contribution in [3.8, 4) is 0 Å². The van der Waals surface area contributed by atoms with Crippen molar-refractivity contribution in [3.63, 3.8) is 0 Å². The van der Waals surface area contributed by atoms with Crippen molar-refractivity contribution >= 4 is 7.82 Å². The van der Waals surface area contributed by atoms with Gasteiger partial charge in [0, 0.05) is 0 Å². The van der Waals surface area contributed by atoms with Gasteiger partial charge in [0.15, 0.2) is 0 Å². The largest absolute Gasteiger partial charge is 0.469 e. The first-order valence-electron chi connectivity index (χ1n) is 6.82. The van der Waals surface area contributed by atoms with Gasteiger partial charge in [-0.2, -0.15) is 0 Å². The minimum Gasteiger partial charge on any atom is -0.303 e. The van der Waals surface area contributed by atoms with Gasteiger partial charge in [0.1, 0.15) is 0 Å². The van der Waals surface area contributed by atoms with E-state index in [-0.39, 0.29) is 6.61 Å². The highest BCUT2D eigenvalue weighted by molar-refractivity contribution is 7.46. The molecule has 108 valence electrons. The van der Waals surface area contributed by atoms with Gasteiger partial charge in [-0.1, -0.05) is 56.0 Å². The van der Waals surface area contributed by atoms with Crippen LogP contribution in [0.1, 0.15) is 44.1 Å².